The summed E-state index contributed by atoms with van der Waals surface area (Å²) < 4.78 is 5.24. The molecule has 4 nitrogen and oxygen atoms in total. The number of ether oxygens (including phenoxy) is 1. The highest BCUT2D eigenvalue weighted by Gasteiger charge is 2.20. The molecule has 0 spiro atoms. The zero-order valence-corrected chi connectivity index (χ0v) is 11.2. The predicted molar refractivity (Wildman–Crippen MR) is 72.1 cm³/mol. The molecule has 0 aliphatic carbocycles. The summed E-state index contributed by atoms with van der Waals surface area (Å²) in [5, 5.41) is 5.55. The van der Waals surface area contributed by atoms with Gasteiger partial charge >= 0.3 is 6.03 Å². The lowest BCUT2D eigenvalue weighted by Gasteiger charge is -2.14. The highest BCUT2D eigenvalue weighted by atomic mass is 32.2. The molecule has 0 fully saturated rings. The molecule has 0 aromatic heterocycles. The molecular formula is C13H16N2O2S. The van der Waals surface area contributed by atoms with Crippen molar-refractivity contribution in [3.05, 3.63) is 40.9 Å². The third-order valence-electron chi connectivity index (χ3n) is 2.65. The lowest BCUT2D eigenvalue weighted by atomic mass is 10.3. The molecule has 1 aliphatic heterocycles. The average molecular weight is 264 g/mol. The fraction of sp³-hybridized carbons (Fsp3) is 0.308. The fourth-order valence-electron chi connectivity index (χ4n) is 1.69. The Morgan fingerprint density at radius 1 is 1.33 bits per heavy atom. The van der Waals surface area contributed by atoms with E-state index >= 15 is 0 Å². The summed E-state index contributed by atoms with van der Waals surface area (Å²) in [7, 11) is 1.59. The lowest BCUT2D eigenvalue weighted by molar-refractivity contribution is 0.0851. The smallest absolute Gasteiger partial charge is 0.321 e. The summed E-state index contributed by atoms with van der Waals surface area (Å²) in [4.78, 5) is 13.8. The SMILES string of the molecule is COC1CC(Sc2ccccc2)=C(C)NC(=O)N1. The van der Waals surface area contributed by atoms with Gasteiger partial charge in [0.1, 0.15) is 6.23 Å². The molecule has 1 aromatic carbocycles. The molecule has 0 radical (unpaired) electrons. The molecule has 96 valence electrons. The first-order valence-electron chi connectivity index (χ1n) is 5.72. The van der Waals surface area contributed by atoms with Crippen LogP contribution in [-0.4, -0.2) is 19.4 Å². The Bertz CT molecular complexity index is 459. The summed E-state index contributed by atoms with van der Waals surface area (Å²) in [5.41, 5.74) is 0.876. The Labute approximate surface area is 111 Å². The maximum absolute atomic E-state index is 11.5. The largest absolute Gasteiger partial charge is 0.361 e. The number of hydrogen-bond acceptors (Lipinski definition) is 3. The van der Waals surface area contributed by atoms with E-state index in [-0.39, 0.29) is 12.3 Å². The number of carbonyl (C=O) groups is 1. The van der Waals surface area contributed by atoms with Gasteiger partial charge in [-0.15, -0.1) is 0 Å². The van der Waals surface area contributed by atoms with Gasteiger partial charge in [0.15, 0.2) is 0 Å². The van der Waals surface area contributed by atoms with E-state index in [1.165, 1.54) is 0 Å². The van der Waals surface area contributed by atoms with E-state index < -0.39 is 0 Å². The fourth-order valence-corrected chi connectivity index (χ4v) is 2.70. The third kappa shape index (κ3) is 3.27. The van der Waals surface area contributed by atoms with E-state index in [4.69, 9.17) is 4.74 Å². The number of allylic oxidation sites excluding steroid dienone is 1. The second-order valence-corrected chi connectivity index (χ2v) is 5.16. The van der Waals surface area contributed by atoms with Gasteiger partial charge < -0.3 is 15.4 Å². The zero-order chi connectivity index (χ0) is 13.0. The Morgan fingerprint density at radius 2 is 2.06 bits per heavy atom. The van der Waals surface area contributed by atoms with E-state index in [2.05, 4.69) is 10.6 Å². The molecule has 2 N–H and O–H groups in total. The van der Waals surface area contributed by atoms with Crippen molar-refractivity contribution in [1.29, 1.82) is 0 Å². The van der Waals surface area contributed by atoms with Crippen LogP contribution in [0.1, 0.15) is 13.3 Å². The van der Waals surface area contributed by atoms with Gasteiger partial charge in [0.05, 0.1) is 0 Å². The van der Waals surface area contributed by atoms with Crippen LogP contribution in [0.4, 0.5) is 4.79 Å². The van der Waals surface area contributed by atoms with Crippen LogP contribution in [0, 0.1) is 0 Å². The number of amides is 2. The van der Waals surface area contributed by atoms with Crippen LogP contribution in [0.25, 0.3) is 0 Å². The number of carbonyl (C=O) groups excluding carboxylic acids is 1. The van der Waals surface area contributed by atoms with Gasteiger partial charge in [-0.25, -0.2) is 4.79 Å². The maximum atomic E-state index is 11.5. The van der Waals surface area contributed by atoms with Crippen molar-refractivity contribution < 1.29 is 9.53 Å². The van der Waals surface area contributed by atoms with Crippen molar-refractivity contribution in [1.82, 2.24) is 10.6 Å². The molecule has 0 saturated heterocycles. The van der Waals surface area contributed by atoms with Crippen LogP contribution in [0.2, 0.25) is 0 Å². The summed E-state index contributed by atoms with van der Waals surface area (Å²) in [6.07, 6.45) is 0.384. The minimum absolute atomic E-state index is 0.219. The first-order chi connectivity index (χ1) is 8.69. The second kappa shape index (κ2) is 5.93. The van der Waals surface area contributed by atoms with Crippen LogP contribution in [0.5, 0.6) is 0 Å². The normalized spacial score (nSPS) is 20.1. The molecule has 0 saturated carbocycles. The first-order valence-corrected chi connectivity index (χ1v) is 6.53. The molecular weight excluding hydrogens is 248 g/mol. The van der Waals surface area contributed by atoms with Crippen molar-refractivity contribution in [2.24, 2.45) is 0 Å². The zero-order valence-electron chi connectivity index (χ0n) is 10.4. The molecule has 1 atom stereocenters. The molecule has 5 heteroatoms. The summed E-state index contributed by atoms with van der Waals surface area (Å²) in [6.45, 7) is 1.91. The van der Waals surface area contributed by atoms with E-state index in [0.29, 0.717) is 6.42 Å². The van der Waals surface area contributed by atoms with E-state index in [1.807, 2.05) is 37.3 Å². The van der Waals surface area contributed by atoms with E-state index in [0.717, 1.165) is 15.5 Å². The number of rotatable bonds is 3. The quantitative estimate of drug-likeness (QED) is 0.882. The topological polar surface area (TPSA) is 50.4 Å². The van der Waals surface area contributed by atoms with Gasteiger partial charge in [-0.2, -0.15) is 0 Å². The van der Waals surface area contributed by atoms with Crippen LogP contribution in [0.3, 0.4) is 0 Å². The first kappa shape index (κ1) is 13.0. The van der Waals surface area contributed by atoms with E-state index in [1.54, 1.807) is 18.9 Å². The number of benzene rings is 1. The summed E-state index contributed by atoms with van der Waals surface area (Å²) >= 11 is 1.65. The maximum Gasteiger partial charge on any atom is 0.321 e. The molecule has 18 heavy (non-hydrogen) atoms. The molecule has 2 rings (SSSR count). The second-order valence-electron chi connectivity index (χ2n) is 3.99. The van der Waals surface area contributed by atoms with Crippen molar-refractivity contribution >= 4 is 17.8 Å². The molecule has 2 amide bonds. The van der Waals surface area contributed by atoms with Crippen molar-refractivity contribution in [2.75, 3.05) is 7.11 Å². The number of thioether (sulfide) groups is 1. The monoisotopic (exact) mass is 264 g/mol. The molecule has 1 heterocycles. The third-order valence-corrected chi connectivity index (χ3v) is 3.88. The minimum Gasteiger partial charge on any atom is -0.361 e. The molecule has 1 aromatic rings. The molecule has 0 bridgehead atoms. The number of methoxy groups -OCH3 is 1. The predicted octanol–water partition coefficient (Wildman–Crippen LogP) is 2.69. The number of hydrogen-bond donors (Lipinski definition) is 2. The summed E-state index contributed by atoms with van der Waals surface area (Å²) in [6, 6.07) is 9.86. The number of nitrogens with one attached hydrogen (secondary N) is 2. The Kier molecular flexibility index (Phi) is 4.28. The van der Waals surface area contributed by atoms with E-state index in [9.17, 15) is 4.79 Å². The molecule has 1 aliphatic rings. The van der Waals surface area contributed by atoms with Crippen molar-refractivity contribution in [3.8, 4) is 0 Å². The van der Waals surface area contributed by atoms with Crippen LogP contribution in [0.15, 0.2) is 45.8 Å². The minimum atomic E-state index is -0.284. The lowest BCUT2D eigenvalue weighted by Crippen LogP contribution is -2.39. The van der Waals surface area contributed by atoms with Gasteiger partial charge in [0.2, 0.25) is 0 Å². The van der Waals surface area contributed by atoms with Gasteiger partial charge in [-0.05, 0) is 19.1 Å². The Hall–Kier alpha value is -1.46. The number of urea groups is 1. The van der Waals surface area contributed by atoms with Gasteiger partial charge in [-0.1, -0.05) is 30.0 Å². The van der Waals surface area contributed by atoms with Gasteiger partial charge in [-0.3, -0.25) is 0 Å². The standard InChI is InChI=1S/C13H16N2O2S/c1-9-11(18-10-6-4-3-5-7-10)8-12(17-2)15-13(16)14-9/h3-7,12H,8H2,1-2H3,(H2,14,15,16). The van der Waals surface area contributed by atoms with Crippen LogP contribution >= 0.6 is 11.8 Å². The van der Waals surface area contributed by atoms with Gasteiger partial charge in [0.25, 0.3) is 0 Å². The van der Waals surface area contributed by atoms with Crippen LogP contribution < -0.4 is 10.6 Å². The van der Waals surface area contributed by atoms with Gasteiger partial charge in [0, 0.05) is 29.0 Å². The van der Waals surface area contributed by atoms with Crippen molar-refractivity contribution in [2.45, 2.75) is 24.5 Å². The molecule has 1 unspecified atom stereocenters. The Balaban J connectivity index is 2.18. The van der Waals surface area contributed by atoms with Crippen LogP contribution in [-0.2, 0) is 4.74 Å². The average Bonchev–Trinajstić information content (AvgIpc) is 2.50. The highest BCUT2D eigenvalue weighted by molar-refractivity contribution is 8.03. The Morgan fingerprint density at radius 3 is 2.72 bits per heavy atom. The highest BCUT2D eigenvalue weighted by Crippen LogP contribution is 2.32. The van der Waals surface area contributed by atoms with Crippen molar-refractivity contribution in [3.63, 3.8) is 0 Å². The summed E-state index contributed by atoms with van der Waals surface area (Å²) in [5.74, 6) is 0.